The number of nitrogens with zero attached hydrogens (tertiary/aromatic N) is 5. The summed E-state index contributed by atoms with van der Waals surface area (Å²) in [4.78, 5) is 15.3. The first-order valence-electron chi connectivity index (χ1n) is 11.3. The molecule has 5 rings (SSSR count). The van der Waals surface area contributed by atoms with Gasteiger partial charge in [-0.25, -0.2) is 0 Å². The third-order valence-corrected chi connectivity index (χ3v) is 6.28. The highest BCUT2D eigenvalue weighted by Gasteiger charge is 2.27. The maximum absolute atomic E-state index is 13.4. The number of carbonyl (C=O) groups is 1. The van der Waals surface area contributed by atoms with E-state index in [1.165, 1.54) is 12.0 Å². The summed E-state index contributed by atoms with van der Waals surface area (Å²) in [5.41, 5.74) is 3.78. The van der Waals surface area contributed by atoms with Gasteiger partial charge in [0.2, 0.25) is 0 Å². The summed E-state index contributed by atoms with van der Waals surface area (Å²) >= 11 is 0. The zero-order chi connectivity index (χ0) is 21.9. The summed E-state index contributed by atoms with van der Waals surface area (Å²) in [7, 11) is 0. The quantitative estimate of drug-likeness (QED) is 0.456. The molecule has 32 heavy (non-hydrogen) atoms. The fraction of sp³-hybridized carbons (Fsp3) is 0.360. The zero-order valence-electron chi connectivity index (χ0n) is 18.3. The van der Waals surface area contributed by atoms with Crippen LogP contribution in [0.2, 0.25) is 0 Å². The molecule has 7 heteroatoms. The van der Waals surface area contributed by atoms with Gasteiger partial charge in [-0.2, -0.15) is 4.52 Å². The summed E-state index contributed by atoms with van der Waals surface area (Å²) in [6, 6.07) is 18.0. The molecule has 0 atom stereocenters. The van der Waals surface area contributed by atoms with Gasteiger partial charge in [0, 0.05) is 23.5 Å². The number of pyridine rings is 1. The van der Waals surface area contributed by atoms with E-state index in [1.54, 1.807) is 4.52 Å². The minimum atomic E-state index is -0.00397. The smallest absolute Gasteiger partial charge is 0.261 e. The summed E-state index contributed by atoms with van der Waals surface area (Å²) in [5.74, 6) is 0.699. The molecule has 0 unspecified atom stereocenters. The van der Waals surface area contributed by atoms with Crippen LogP contribution in [0.3, 0.4) is 0 Å². The second kappa shape index (κ2) is 8.94. The fourth-order valence-corrected chi connectivity index (χ4v) is 4.64. The molecule has 1 aliphatic rings. The predicted molar refractivity (Wildman–Crippen MR) is 122 cm³/mol. The number of benzene rings is 2. The van der Waals surface area contributed by atoms with Crippen molar-refractivity contribution >= 4 is 22.5 Å². The number of tetrazole rings is 1. The SMILES string of the molecule is Cc1ccc2c(c1)cc(CN(C(=O)COc1ccccc1)C1CCCCC1)c1nnnn12. The molecule has 0 spiro atoms. The molecule has 7 nitrogen and oxygen atoms in total. The van der Waals surface area contributed by atoms with Crippen LogP contribution < -0.4 is 4.74 Å². The Morgan fingerprint density at radius 1 is 1.09 bits per heavy atom. The molecule has 1 fully saturated rings. The summed E-state index contributed by atoms with van der Waals surface area (Å²) in [6.07, 6.45) is 5.56. The molecule has 0 bridgehead atoms. The number of carbonyl (C=O) groups excluding carboxylic acids is 1. The van der Waals surface area contributed by atoms with E-state index in [1.807, 2.05) is 41.3 Å². The maximum atomic E-state index is 13.4. The minimum absolute atomic E-state index is 0.00397. The third-order valence-electron chi connectivity index (χ3n) is 6.28. The van der Waals surface area contributed by atoms with Crippen LogP contribution in [0.15, 0.2) is 54.6 Å². The Labute approximate surface area is 187 Å². The Balaban J connectivity index is 1.47. The van der Waals surface area contributed by atoms with Gasteiger partial charge in [-0.3, -0.25) is 4.79 Å². The van der Waals surface area contributed by atoms with Crippen molar-refractivity contribution in [2.45, 2.75) is 51.6 Å². The van der Waals surface area contributed by atoms with Gasteiger partial charge in [0.25, 0.3) is 5.91 Å². The number of aromatic nitrogens is 4. The van der Waals surface area contributed by atoms with E-state index < -0.39 is 0 Å². The molecule has 0 saturated heterocycles. The number of aryl methyl sites for hydroxylation is 1. The Morgan fingerprint density at radius 2 is 1.91 bits per heavy atom. The molecular weight excluding hydrogens is 402 g/mol. The van der Waals surface area contributed by atoms with Crippen molar-refractivity contribution in [3.05, 3.63) is 65.7 Å². The van der Waals surface area contributed by atoms with Gasteiger partial charge in [-0.15, -0.1) is 5.10 Å². The van der Waals surface area contributed by atoms with Crippen LogP contribution in [0.5, 0.6) is 5.75 Å². The van der Waals surface area contributed by atoms with E-state index in [-0.39, 0.29) is 18.6 Å². The van der Waals surface area contributed by atoms with Gasteiger partial charge < -0.3 is 9.64 Å². The summed E-state index contributed by atoms with van der Waals surface area (Å²) < 4.78 is 7.57. The molecule has 1 saturated carbocycles. The highest BCUT2D eigenvalue weighted by Crippen LogP contribution is 2.27. The third kappa shape index (κ3) is 4.15. The Hall–Kier alpha value is -3.48. The molecule has 4 aromatic rings. The number of amides is 1. The topological polar surface area (TPSA) is 72.6 Å². The standard InChI is InChI=1S/C25H27N5O2/c1-18-12-13-23-19(14-18)15-20(25-26-27-28-30(23)25)16-29(21-8-4-2-5-9-21)24(31)17-32-22-10-6-3-7-11-22/h3,6-7,10-15,21H,2,4-5,8-9,16-17H2,1H3. The molecule has 0 aliphatic heterocycles. The van der Waals surface area contributed by atoms with E-state index in [0.717, 1.165) is 42.1 Å². The van der Waals surface area contributed by atoms with Gasteiger partial charge >= 0.3 is 0 Å². The molecule has 164 valence electrons. The number of ether oxygens (including phenoxy) is 1. The predicted octanol–water partition coefficient (Wildman–Crippen LogP) is 4.33. The number of rotatable bonds is 6. The Bertz CT molecular complexity index is 1230. The highest BCUT2D eigenvalue weighted by molar-refractivity contribution is 5.84. The van der Waals surface area contributed by atoms with Crippen molar-refractivity contribution in [1.82, 2.24) is 24.9 Å². The van der Waals surface area contributed by atoms with Crippen molar-refractivity contribution in [3.8, 4) is 5.75 Å². The van der Waals surface area contributed by atoms with Crippen molar-refractivity contribution in [2.75, 3.05) is 6.61 Å². The number of fused-ring (bicyclic) bond motifs is 3. The molecular formula is C25H27N5O2. The first-order chi connectivity index (χ1) is 15.7. The first kappa shape index (κ1) is 20.4. The molecule has 2 heterocycles. The lowest BCUT2D eigenvalue weighted by Gasteiger charge is -2.34. The molecule has 1 aliphatic carbocycles. The van der Waals surface area contributed by atoms with E-state index in [0.29, 0.717) is 17.9 Å². The van der Waals surface area contributed by atoms with Crippen LogP contribution in [0.25, 0.3) is 16.6 Å². The molecule has 2 aromatic carbocycles. The van der Waals surface area contributed by atoms with Gasteiger partial charge in [0.15, 0.2) is 12.3 Å². The van der Waals surface area contributed by atoms with Crippen molar-refractivity contribution in [2.24, 2.45) is 0 Å². The van der Waals surface area contributed by atoms with Gasteiger partial charge in [0.1, 0.15) is 5.75 Å². The van der Waals surface area contributed by atoms with Crippen LogP contribution in [0.1, 0.15) is 43.2 Å². The number of para-hydroxylation sites is 1. The minimum Gasteiger partial charge on any atom is -0.484 e. The molecule has 2 aromatic heterocycles. The van der Waals surface area contributed by atoms with Crippen LogP contribution in [0.4, 0.5) is 0 Å². The largest absolute Gasteiger partial charge is 0.484 e. The molecule has 0 N–H and O–H groups in total. The monoisotopic (exact) mass is 429 g/mol. The van der Waals surface area contributed by atoms with Crippen LogP contribution in [-0.2, 0) is 11.3 Å². The second-order valence-corrected chi connectivity index (χ2v) is 8.56. The first-order valence-corrected chi connectivity index (χ1v) is 11.3. The number of hydrogen-bond acceptors (Lipinski definition) is 5. The molecule has 1 amide bonds. The van der Waals surface area contributed by atoms with Crippen LogP contribution in [-0.4, -0.2) is 43.5 Å². The van der Waals surface area contributed by atoms with Crippen LogP contribution >= 0.6 is 0 Å². The van der Waals surface area contributed by atoms with Gasteiger partial charge in [0.05, 0.1) is 5.52 Å². The Morgan fingerprint density at radius 3 is 2.72 bits per heavy atom. The van der Waals surface area contributed by atoms with E-state index in [2.05, 4.69) is 40.6 Å². The van der Waals surface area contributed by atoms with E-state index >= 15 is 0 Å². The fourth-order valence-electron chi connectivity index (χ4n) is 4.64. The van der Waals surface area contributed by atoms with E-state index in [9.17, 15) is 4.79 Å². The van der Waals surface area contributed by atoms with Crippen molar-refractivity contribution < 1.29 is 9.53 Å². The lowest BCUT2D eigenvalue weighted by atomic mass is 9.93. The summed E-state index contributed by atoms with van der Waals surface area (Å²) in [5, 5.41) is 13.5. The molecule has 0 radical (unpaired) electrons. The van der Waals surface area contributed by atoms with E-state index in [4.69, 9.17) is 4.74 Å². The lowest BCUT2D eigenvalue weighted by molar-refractivity contribution is -0.137. The summed E-state index contributed by atoms with van der Waals surface area (Å²) in [6.45, 7) is 2.56. The highest BCUT2D eigenvalue weighted by atomic mass is 16.5. The van der Waals surface area contributed by atoms with Crippen molar-refractivity contribution in [3.63, 3.8) is 0 Å². The van der Waals surface area contributed by atoms with Gasteiger partial charge in [-0.1, -0.05) is 49.1 Å². The zero-order valence-corrected chi connectivity index (χ0v) is 18.3. The van der Waals surface area contributed by atoms with Crippen molar-refractivity contribution in [1.29, 1.82) is 0 Å². The lowest BCUT2D eigenvalue weighted by Crippen LogP contribution is -2.43. The normalized spacial score (nSPS) is 14.7. The average molecular weight is 430 g/mol. The van der Waals surface area contributed by atoms with Crippen LogP contribution in [0, 0.1) is 6.92 Å². The average Bonchev–Trinajstić information content (AvgIpc) is 3.32. The Kier molecular flexibility index (Phi) is 5.71. The second-order valence-electron chi connectivity index (χ2n) is 8.56. The maximum Gasteiger partial charge on any atom is 0.261 e. The van der Waals surface area contributed by atoms with Gasteiger partial charge in [-0.05, 0) is 60.5 Å². The number of hydrogen-bond donors (Lipinski definition) is 0.